The van der Waals surface area contributed by atoms with Gasteiger partial charge in [0.05, 0.1) is 17.8 Å². The van der Waals surface area contributed by atoms with Gasteiger partial charge in [0.1, 0.15) is 6.33 Å². The van der Waals surface area contributed by atoms with Gasteiger partial charge in [0, 0.05) is 11.9 Å². The molecule has 6 nitrogen and oxygen atoms in total. The van der Waals surface area contributed by atoms with Crippen molar-refractivity contribution < 1.29 is 4.79 Å². The third-order valence-electron chi connectivity index (χ3n) is 3.05. The average molecular weight is 299 g/mol. The molecule has 0 atom stereocenters. The topological polar surface area (TPSA) is 63.9 Å². The molecule has 1 amide bonds. The Bertz CT molecular complexity index is 724. The van der Waals surface area contributed by atoms with Crippen LogP contribution in [0, 0.1) is 0 Å². The van der Waals surface area contributed by atoms with Gasteiger partial charge in [-0.25, -0.2) is 0 Å². The maximum Gasteiger partial charge on any atom is 0.256 e. The van der Waals surface area contributed by atoms with E-state index in [1.807, 2.05) is 35.7 Å². The van der Waals surface area contributed by atoms with Gasteiger partial charge >= 0.3 is 0 Å². The Balaban J connectivity index is 1.88. The number of carbonyl (C=O) groups excluding carboxylic acids is 1. The van der Waals surface area contributed by atoms with Crippen molar-refractivity contribution in [3.05, 3.63) is 58.5 Å². The lowest BCUT2D eigenvalue weighted by molar-refractivity contribution is 0.0786. The van der Waals surface area contributed by atoms with Crippen molar-refractivity contribution in [2.24, 2.45) is 0 Å². The summed E-state index contributed by atoms with van der Waals surface area (Å²) >= 11 is 1.63. The number of nitrogens with zero attached hydrogens (tertiary/aromatic N) is 5. The molecule has 3 rings (SSSR count). The van der Waals surface area contributed by atoms with E-state index in [0.29, 0.717) is 17.8 Å². The average Bonchev–Trinajstić information content (AvgIpc) is 3.19. The molecule has 0 aliphatic heterocycles. The maximum atomic E-state index is 12.6. The number of benzene rings is 1. The summed E-state index contributed by atoms with van der Waals surface area (Å²) in [5, 5.41) is 13.1. The summed E-state index contributed by atoms with van der Waals surface area (Å²) in [6.45, 7) is 0.584. The molecule has 0 fully saturated rings. The van der Waals surface area contributed by atoms with Gasteiger partial charge in [0.25, 0.3) is 5.91 Å². The molecule has 2 aromatic heterocycles. The summed E-state index contributed by atoms with van der Waals surface area (Å²) in [5.41, 5.74) is 1.24. The fourth-order valence-electron chi connectivity index (χ4n) is 2.04. The standard InChI is InChI=1S/C14H13N5OS/c1-18(9-11-5-4-8-21-11)14(20)12-6-2-3-7-13(12)19-10-15-16-17-19/h2-8,10H,9H2,1H3. The summed E-state index contributed by atoms with van der Waals surface area (Å²) in [4.78, 5) is 15.5. The van der Waals surface area contributed by atoms with E-state index in [1.165, 1.54) is 11.0 Å². The zero-order valence-electron chi connectivity index (χ0n) is 11.4. The Hall–Kier alpha value is -2.54. The Kier molecular flexibility index (Phi) is 3.74. The van der Waals surface area contributed by atoms with E-state index in [2.05, 4.69) is 15.5 Å². The molecule has 1 aromatic carbocycles. The fraction of sp³-hybridized carbons (Fsp3) is 0.143. The fourth-order valence-corrected chi connectivity index (χ4v) is 2.80. The molecule has 2 heterocycles. The van der Waals surface area contributed by atoms with Crippen LogP contribution in [0.5, 0.6) is 0 Å². The van der Waals surface area contributed by atoms with Crippen LogP contribution in [-0.2, 0) is 6.54 Å². The Morgan fingerprint density at radius 2 is 2.14 bits per heavy atom. The lowest BCUT2D eigenvalue weighted by Crippen LogP contribution is -2.27. The second-order valence-corrected chi connectivity index (χ2v) is 5.54. The number of amides is 1. The summed E-state index contributed by atoms with van der Waals surface area (Å²) < 4.78 is 1.49. The van der Waals surface area contributed by atoms with Crippen LogP contribution in [0.3, 0.4) is 0 Å². The van der Waals surface area contributed by atoms with Gasteiger partial charge in [-0.2, -0.15) is 4.68 Å². The Morgan fingerprint density at radius 3 is 2.86 bits per heavy atom. The number of tetrazole rings is 1. The monoisotopic (exact) mass is 299 g/mol. The van der Waals surface area contributed by atoms with Crippen LogP contribution in [0.4, 0.5) is 0 Å². The Labute approximate surface area is 125 Å². The molecule has 0 spiro atoms. The van der Waals surface area contributed by atoms with Crippen LogP contribution in [0.15, 0.2) is 48.1 Å². The molecule has 21 heavy (non-hydrogen) atoms. The van der Waals surface area contributed by atoms with Crippen LogP contribution >= 0.6 is 11.3 Å². The molecule has 0 aliphatic rings. The molecule has 0 unspecified atom stereocenters. The number of hydrogen-bond acceptors (Lipinski definition) is 5. The number of para-hydroxylation sites is 1. The van der Waals surface area contributed by atoms with Crippen molar-refractivity contribution in [1.82, 2.24) is 25.1 Å². The van der Waals surface area contributed by atoms with Crippen LogP contribution in [0.2, 0.25) is 0 Å². The molecule has 0 aliphatic carbocycles. The van der Waals surface area contributed by atoms with E-state index in [4.69, 9.17) is 0 Å². The second kappa shape index (κ2) is 5.84. The van der Waals surface area contributed by atoms with E-state index in [9.17, 15) is 4.79 Å². The van der Waals surface area contributed by atoms with Crippen LogP contribution < -0.4 is 0 Å². The largest absolute Gasteiger partial charge is 0.336 e. The highest BCUT2D eigenvalue weighted by Crippen LogP contribution is 2.17. The van der Waals surface area contributed by atoms with E-state index in [-0.39, 0.29) is 5.91 Å². The minimum Gasteiger partial charge on any atom is -0.336 e. The summed E-state index contributed by atoms with van der Waals surface area (Å²) in [5.74, 6) is -0.0606. The maximum absolute atomic E-state index is 12.6. The smallest absolute Gasteiger partial charge is 0.256 e. The van der Waals surface area contributed by atoms with Crippen LogP contribution in [-0.4, -0.2) is 38.1 Å². The lowest BCUT2D eigenvalue weighted by Gasteiger charge is -2.18. The van der Waals surface area contributed by atoms with Gasteiger partial charge in [0.15, 0.2) is 0 Å². The van der Waals surface area contributed by atoms with Crippen molar-refractivity contribution >= 4 is 17.2 Å². The van der Waals surface area contributed by atoms with E-state index in [0.717, 1.165) is 4.88 Å². The number of carbonyl (C=O) groups is 1. The van der Waals surface area contributed by atoms with Gasteiger partial charge in [0.2, 0.25) is 0 Å². The third kappa shape index (κ3) is 2.82. The lowest BCUT2D eigenvalue weighted by atomic mass is 10.1. The highest BCUT2D eigenvalue weighted by molar-refractivity contribution is 7.09. The van der Waals surface area contributed by atoms with E-state index < -0.39 is 0 Å². The molecule has 0 saturated carbocycles. The van der Waals surface area contributed by atoms with Gasteiger partial charge in [-0.3, -0.25) is 4.79 Å². The van der Waals surface area contributed by atoms with Crippen LogP contribution in [0.1, 0.15) is 15.2 Å². The molecule has 0 bridgehead atoms. The quantitative estimate of drug-likeness (QED) is 0.739. The summed E-state index contributed by atoms with van der Waals surface area (Å²) in [7, 11) is 1.79. The number of rotatable bonds is 4. The molecule has 0 N–H and O–H groups in total. The molecule has 3 aromatic rings. The number of aromatic nitrogens is 4. The first-order chi connectivity index (χ1) is 10.3. The van der Waals surface area contributed by atoms with Crippen molar-refractivity contribution in [3.8, 4) is 5.69 Å². The minimum atomic E-state index is -0.0606. The Morgan fingerprint density at radius 1 is 1.29 bits per heavy atom. The van der Waals surface area contributed by atoms with Crippen molar-refractivity contribution in [2.45, 2.75) is 6.54 Å². The minimum absolute atomic E-state index is 0.0606. The molecule has 7 heteroatoms. The number of thiophene rings is 1. The van der Waals surface area contributed by atoms with Crippen LogP contribution in [0.25, 0.3) is 5.69 Å². The van der Waals surface area contributed by atoms with E-state index in [1.54, 1.807) is 29.4 Å². The second-order valence-electron chi connectivity index (χ2n) is 4.51. The first-order valence-electron chi connectivity index (χ1n) is 6.36. The van der Waals surface area contributed by atoms with Gasteiger partial charge < -0.3 is 4.90 Å². The van der Waals surface area contributed by atoms with Crippen molar-refractivity contribution in [2.75, 3.05) is 7.05 Å². The molecule has 0 saturated heterocycles. The van der Waals surface area contributed by atoms with Crippen molar-refractivity contribution in [3.63, 3.8) is 0 Å². The molecular formula is C14H13N5OS. The van der Waals surface area contributed by atoms with Gasteiger partial charge in [-0.05, 0) is 34.0 Å². The highest BCUT2D eigenvalue weighted by atomic mass is 32.1. The molecule has 0 radical (unpaired) electrons. The van der Waals surface area contributed by atoms with Gasteiger partial charge in [-0.1, -0.05) is 18.2 Å². The summed E-state index contributed by atoms with van der Waals surface area (Å²) in [6.07, 6.45) is 1.48. The first-order valence-corrected chi connectivity index (χ1v) is 7.24. The zero-order valence-corrected chi connectivity index (χ0v) is 12.2. The molecule has 106 valence electrons. The third-order valence-corrected chi connectivity index (χ3v) is 3.91. The first kappa shape index (κ1) is 13.4. The van der Waals surface area contributed by atoms with E-state index >= 15 is 0 Å². The molecular weight excluding hydrogens is 286 g/mol. The summed E-state index contributed by atoms with van der Waals surface area (Å²) in [6, 6.07) is 11.3. The predicted octanol–water partition coefficient (Wildman–Crippen LogP) is 2.00. The SMILES string of the molecule is CN(Cc1cccs1)C(=O)c1ccccc1-n1cnnn1. The normalized spacial score (nSPS) is 10.5. The highest BCUT2D eigenvalue weighted by Gasteiger charge is 2.17. The number of hydrogen-bond donors (Lipinski definition) is 0. The van der Waals surface area contributed by atoms with Gasteiger partial charge in [-0.15, -0.1) is 16.4 Å². The van der Waals surface area contributed by atoms with Crippen molar-refractivity contribution in [1.29, 1.82) is 0 Å². The zero-order chi connectivity index (χ0) is 14.7. The predicted molar refractivity (Wildman–Crippen MR) is 79.3 cm³/mol.